The van der Waals surface area contributed by atoms with E-state index in [1.54, 1.807) is 0 Å². The molecule has 5 nitrogen and oxygen atoms in total. The van der Waals surface area contributed by atoms with Crippen LogP contribution in [-0.2, 0) is 10.0 Å². The summed E-state index contributed by atoms with van der Waals surface area (Å²) in [5.41, 5.74) is 0. The molecular weight excluding hydrogens is 240 g/mol. The van der Waals surface area contributed by atoms with Crippen LogP contribution in [0.1, 0.15) is 52.4 Å². The molecule has 0 saturated heterocycles. The normalized spacial score (nSPS) is 11.2. The molecule has 0 aromatic heterocycles. The van der Waals surface area contributed by atoms with E-state index in [4.69, 9.17) is 0 Å². The molecule has 0 fully saturated rings. The summed E-state index contributed by atoms with van der Waals surface area (Å²) >= 11 is 0. The zero-order chi connectivity index (χ0) is 13.1. The van der Waals surface area contributed by atoms with E-state index in [2.05, 4.69) is 12.2 Å². The second-order valence-electron chi connectivity index (χ2n) is 4.09. The Hall–Kier alpha value is -0.780. The Balaban J connectivity index is 3.79. The highest BCUT2D eigenvalue weighted by atomic mass is 32.2. The topological polar surface area (TPSA) is 75.3 Å². The van der Waals surface area contributed by atoms with E-state index in [1.165, 1.54) is 0 Å². The van der Waals surface area contributed by atoms with Crippen LogP contribution in [-0.4, -0.2) is 26.7 Å². The van der Waals surface area contributed by atoms with Gasteiger partial charge in [-0.2, -0.15) is 0 Å². The number of urea groups is 1. The summed E-state index contributed by atoms with van der Waals surface area (Å²) in [6, 6.07) is -0.617. The molecule has 0 aliphatic heterocycles. The Morgan fingerprint density at radius 1 is 1.00 bits per heavy atom. The maximum atomic E-state index is 11.5. The van der Waals surface area contributed by atoms with E-state index < -0.39 is 16.1 Å². The van der Waals surface area contributed by atoms with Crippen LogP contribution in [0.5, 0.6) is 0 Å². The van der Waals surface area contributed by atoms with Crippen molar-refractivity contribution >= 4 is 16.1 Å². The van der Waals surface area contributed by atoms with E-state index in [9.17, 15) is 13.2 Å². The Labute approximate surface area is 104 Å². The monoisotopic (exact) mass is 264 g/mol. The van der Waals surface area contributed by atoms with Gasteiger partial charge in [0.1, 0.15) is 0 Å². The molecule has 0 atom stereocenters. The number of carbonyl (C=O) groups excluding carboxylic acids is 1. The van der Waals surface area contributed by atoms with Gasteiger partial charge in [-0.3, -0.25) is 0 Å². The minimum absolute atomic E-state index is 0.0220. The molecule has 102 valence electrons. The van der Waals surface area contributed by atoms with Crippen molar-refractivity contribution in [2.75, 3.05) is 12.3 Å². The summed E-state index contributed by atoms with van der Waals surface area (Å²) in [4.78, 5) is 11.2. The molecule has 6 heteroatoms. The van der Waals surface area contributed by atoms with E-state index in [-0.39, 0.29) is 5.75 Å². The molecule has 2 N–H and O–H groups in total. The smallest absolute Gasteiger partial charge is 0.328 e. The third kappa shape index (κ3) is 10.1. The van der Waals surface area contributed by atoms with Crippen LogP contribution in [0, 0.1) is 0 Å². The van der Waals surface area contributed by atoms with Crippen molar-refractivity contribution < 1.29 is 13.2 Å². The Bertz CT molecular complexity index is 302. The molecule has 0 aromatic carbocycles. The quantitative estimate of drug-likeness (QED) is 0.625. The highest BCUT2D eigenvalue weighted by Crippen LogP contribution is 2.01. The molecule has 17 heavy (non-hydrogen) atoms. The summed E-state index contributed by atoms with van der Waals surface area (Å²) in [6.45, 7) is 4.58. The van der Waals surface area contributed by atoms with Gasteiger partial charge in [-0.15, -0.1) is 0 Å². The molecule has 0 aromatic rings. The molecule has 0 aliphatic carbocycles. The number of sulfonamides is 1. The maximum Gasteiger partial charge on any atom is 0.328 e. The second kappa shape index (κ2) is 9.27. The molecule has 0 aliphatic rings. The van der Waals surface area contributed by atoms with Gasteiger partial charge in [-0.1, -0.05) is 39.5 Å². The van der Waals surface area contributed by atoms with Crippen molar-refractivity contribution in [2.24, 2.45) is 0 Å². The van der Waals surface area contributed by atoms with Crippen molar-refractivity contribution in [1.82, 2.24) is 10.0 Å². The molecule has 0 rings (SSSR count). The van der Waals surface area contributed by atoms with Crippen LogP contribution in [0.15, 0.2) is 0 Å². The zero-order valence-corrected chi connectivity index (χ0v) is 11.6. The summed E-state index contributed by atoms with van der Waals surface area (Å²) in [5.74, 6) is 0.0220. The third-order valence-electron chi connectivity index (χ3n) is 2.33. The molecule has 2 amide bonds. The van der Waals surface area contributed by atoms with Gasteiger partial charge in [-0.05, 0) is 12.8 Å². The minimum atomic E-state index is -3.46. The van der Waals surface area contributed by atoms with E-state index in [0.29, 0.717) is 13.0 Å². The van der Waals surface area contributed by atoms with Crippen LogP contribution >= 0.6 is 0 Å². The van der Waals surface area contributed by atoms with Gasteiger partial charge in [0.2, 0.25) is 10.0 Å². The number of amides is 2. The lowest BCUT2D eigenvalue weighted by atomic mass is 10.2. The first-order valence-corrected chi connectivity index (χ1v) is 7.95. The van der Waals surface area contributed by atoms with E-state index in [1.807, 2.05) is 11.6 Å². The number of rotatable bonds is 9. The van der Waals surface area contributed by atoms with E-state index in [0.717, 1.165) is 32.1 Å². The molecule has 0 saturated carbocycles. The van der Waals surface area contributed by atoms with Crippen LogP contribution in [0.25, 0.3) is 0 Å². The van der Waals surface area contributed by atoms with Gasteiger partial charge in [0.15, 0.2) is 0 Å². The van der Waals surface area contributed by atoms with Crippen molar-refractivity contribution in [3.8, 4) is 0 Å². The first-order valence-electron chi connectivity index (χ1n) is 6.30. The zero-order valence-electron chi connectivity index (χ0n) is 10.8. The van der Waals surface area contributed by atoms with Crippen molar-refractivity contribution in [3.63, 3.8) is 0 Å². The van der Waals surface area contributed by atoms with Crippen molar-refractivity contribution in [3.05, 3.63) is 0 Å². The highest BCUT2D eigenvalue weighted by Gasteiger charge is 2.13. The van der Waals surface area contributed by atoms with Gasteiger partial charge >= 0.3 is 6.03 Å². The van der Waals surface area contributed by atoms with Crippen LogP contribution in [0.4, 0.5) is 4.79 Å². The average Bonchev–Trinajstić information content (AvgIpc) is 2.24. The number of hydrogen-bond donors (Lipinski definition) is 2. The Morgan fingerprint density at radius 2 is 1.65 bits per heavy atom. The summed E-state index contributed by atoms with van der Waals surface area (Å²) in [6.07, 6.45) is 5.39. The summed E-state index contributed by atoms with van der Waals surface area (Å²) in [7, 11) is -3.46. The van der Waals surface area contributed by atoms with Crippen molar-refractivity contribution in [2.45, 2.75) is 52.4 Å². The number of nitrogens with one attached hydrogen (secondary N) is 2. The molecule has 0 bridgehead atoms. The van der Waals surface area contributed by atoms with Crippen molar-refractivity contribution in [1.29, 1.82) is 0 Å². The second-order valence-corrected chi connectivity index (χ2v) is 5.93. The lowest BCUT2D eigenvalue weighted by molar-refractivity contribution is 0.245. The fourth-order valence-electron chi connectivity index (χ4n) is 1.33. The average molecular weight is 264 g/mol. The lowest BCUT2D eigenvalue weighted by Gasteiger charge is -2.07. The first-order chi connectivity index (χ1) is 8.02. The van der Waals surface area contributed by atoms with Gasteiger partial charge in [-0.25, -0.2) is 17.9 Å². The molecule has 0 unspecified atom stereocenters. The molecule has 0 radical (unpaired) electrons. The van der Waals surface area contributed by atoms with Crippen LogP contribution < -0.4 is 10.0 Å². The Morgan fingerprint density at radius 3 is 2.24 bits per heavy atom. The Kier molecular flexibility index (Phi) is 8.85. The summed E-state index contributed by atoms with van der Waals surface area (Å²) in [5, 5.41) is 2.51. The van der Waals surface area contributed by atoms with Crippen LogP contribution in [0.2, 0.25) is 0 Å². The SMILES string of the molecule is CCCCCCS(=O)(=O)NC(=O)NCCCC. The van der Waals surface area contributed by atoms with Gasteiger partial charge in [0.25, 0.3) is 0 Å². The fourth-order valence-corrected chi connectivity index (χ4v) is 2.37. The van der Waals surface area contributed by atoms with Gasteiger partial charge in [0.05, 0.1) is 5.75 Å². The lowest BCUT2D eigenvalue weighted by Crippen LogP contribution is -2.40. The minimum Gasteiger partial charge on any atom is -0.337 e. The van der Waals surface area contributed by atoms with Gasteiger partial charge in [0, 0.05) is 6.54 Å². The molecule has 0 spiro atoms. The maximum absolute atomic E-state index is 11.5. The standard InChI is InChI=1S/C11H24N2O3S/c1-3-5-7-8-10-17(15,16)13-11(14)12-9-6-4-2/h3-10H2,1-2H3,(H2,12,13,14). The van der Waals surface area contributed by atoms with E-state index >= 15 is 0 Å². The molecular formula is C11H24N2O3S. The number of unbranched alkanes of at least 4 members (excludes halogenated alkanes) is 4. The summed E-state index contributed by atoms with van der Waals surface area (Å²) < 4.78 is 24.9. The largest absolute Gasteiger partial charge is 0.337 e. The first kappa shape index (κ1) is 16.2. The molecule has 0 heterocycles. The predicted octanol–water partition coefficient (Wildman–Crippen LogP) is 2.00. The van der Waals surface area contributed by atoms with Crippen LogP contribution in [0.3, 0.4) is 0 Å². The fraction of sp³-hybridized carbons (Fsp3) is 0.909. The highest BCUT2D eigenvalue weighted by molar-refractivity contribution is 7.90. The number of carbonyl (C=O) groups is 1. The number of hydrogen-bond acceptors (Lipinski definition) is 3. The predicted molar refractivity (Wildman–Crippen MR) is 69.4 cm³/mol. The van der Waals surface area contributed by atoms with Gasteiger partial charge < -0.3 is 5.32 Å². The third-order valence-corrected chi connectivity index (χ3v) is 3.65.